The highest BCUT2D eigenvalue weighted by Gasteiger charge is 2.13. The standard InChI is InChI=1S/C33H24ClN5O3S/c1-20-2-16-27-28(18-20)37-31(36-27)23-6-8-24(9-7-23)32-38-39-33(42-32)43-19-30(41)35-26-14-10-22(11-15-26)29(40)17-5-21-3-12-25(34)13-4-21/h2-18H,19H2,1H3,(H,35,41)(H,36,37)/b17-5+. The maximum atomic E-state index is 12.5. The number of amides is 1. The summed E-state index contributed by atoms with van der Waals surface area (Å²) < 4.78 is 5.77. The van der Waals surface area contributed by atoms with Gasteiger partial charge in [-0.3, -0.25) is 9.59 Å². The molecule has 0 aliphatic carbocycles. The molecule has 2 heterocycles. The van der Waals surface area contributed by atoms with E-state index in [9.17, 15) is 9.59 Å². The minimum atomic E-state index is -0.239. The van der Waals surface area contributed by atoms with Gasteiger partial charge in [0.05, 0.1) is 16.8 Å². The van der Waals surface area contributed by atoms with Crippen molar-refractivity contribution in [3.8, 4) is 22.8 Å². The molecule has 2 N–H and O–H groups in total. The molecule has 0 spiro atoms. The molecule has 0 radical (unpaired) electrons. The first-order chi connectivity index (χ1) is 20.9. The van der Waals surface area contributed by atoms with Gasteiger partial charge in [-0.1, -0.05) is 59.8 Å². The average molecular weight is 606 g/mol. The average Bonchev–Trinajstić information content (AvgIpc) is 3.67. The minimum absolute atomic E-state index is 0.0800. The molecule has 1 amide bonds. The second kappa shape index (κ2) is 12.5. The number of anilines is 1. The highest BCUT2D eigenvalue weighted by Crippen LogP contribution is 2.27. The van der Waals surface area contributed by atoms with Crippen molar-refractivity contribution in [2.75, 3.05) is 11.1 Å². The molecule has 0 bridgehead atoms. The number of allylic oxidation sites excluding steroid dienone is 1. The molecule has 43 heavy (non-hydrogen) atoms. The largest absolute Gasteiger partial charge is 0.411 e. The monoisotopic (exact) mass is 605 g/mol. The Balaban J connectivity index is 1.01. The second-order valence-corrected chi connectivity index (χ2v) is 11.1. The van der Waals surface area contributed by atoms with E-state index in [0.717, 1.165) is 45.3 Å². The van der Waals surface area contributed by atoms with Crippen LogP contribution in [0.15, 0.2) is 107 Å². The van der Waals surface area contributed by atoms with Gasteiger partial charge in [0.25, 0.3) is 5.22 Å². The van der Waals surface area contributed by atoms with Crippen LogP contribution in [0.3, 0.4) is 0 Å². The van der Waals surface area contributed by atoms with Gasteiger partial charge >= 0.3 is 0 Å². The summed E-state index contributed by atoms with van der Waals surface area (Å²) in [7, 11) is 0. The molecular formula is C33H24ClN5O3S. The number of nitrogens with zero attached hydrogens (tertiary/aromatic N) is 3. The van der Waals surface area contributed by atoms with Gasteiger partial charge in [-0.05, 0) is 84.8 Å². The zero-order chi connectivity index (χ0) is 29.8. The van der Waals surface area contributed by atoms with Crippen molar-refractivity contribution in [3.05, 3.63) is 119 Å². The lowest BCUT2D eigenvalue weighted by molar-refractivity contribution is -0.113. The topological polar surface area (TPSA) is 114 Å². The van der Waals surface area contributed by atoms with Crippen molar-refractivity contribution in [3.63, 3.8) is 0 Å². The molecule has 0 aliphatic heterocycles. The maximum Gasteiger partial charge on any atom is 0.277 e. The number of nitrogens with one attached hydrogen (secondary N) is 2. The maximum absolute atomic E-state index is 12.5. The number of ketones is 1. The number of H-pyrrole nitrogens is 1. The molecule has 6 rings (SSSR count). The number of hydrogen-bond acceptors (Lipinski definition) is 7. The van der Waals surface area contributed by atoms with E-state index in [1.54, 1.807) is 42.5 Å². The number of benzene rings is 4. The summed E-state index contributed by atoms with van der Waals surface area (Å²) in [6.45, 7) is 2.05. The van der Waals surface area contributed by atoms with Crippen molar-refractivity contribution in [1.82, 2.24) is 20.2 Å². The van der Waals surface area contributed by atoms with Crippen LogP contribution in [0.4, 0.5) is 5.69 Å². The molecule has 2 aromatic heterocycles. The van der Waals surface area contributed by atoms with Gasteiger partial charge in [0.1, 0.15) is 5.82 Å². The Bertz CT molecular complexity index is 1950. The minimum Gasteiger partial charge on any atom is -0.411 e. The van der Waals surface area contributed by atoms with Gasteiger partial charge in [-0.15, -0.1) is 10.2 Å². The molecule has 0 saturated heterocycles. The lowest BCUT2D eigenvalue weighted by Crippen LogP contribution is -2.14. The lowest BCUT2D eigenvalue weighted by Gasteiger charge is -2.05. The van der Waals surface area contributed by atoms with Crippen molar-refractivity contribution in [2.45, 2.75) is 12.1 Å². The summed E-state index contributed by atoms with van der Waals surface area (Å²) in [6, 6.07) is 27.7. The molecule has 8 nitrogen and oxygen atoms in total. The first-order valence-electron chi connectivity index (χ1n) is 13.3. The SMILES string of the molecule is Cc1ccc2nc(-c3ccc(-c4nnc(SCC(=O)Nc5ccc(C(=O)/C=C/c6ccc(Cl)cc6)cc5)o4)cc3)[nH]c2c1. The summed E-state index contributed by atoms with van der Waals surface area (Å²) in [5, 5.41) is 11.9. The van der Waals surface area contributed by atoms with E-state index in [-0.39, 0.29) is 22.7 Å². The highest BCUT2D eigenvalue weighted by atomic mass is 35.5. The van der Waals surface area contributed by atoms with E-state index in [0.29, 0.717) is 22.2 Å². The van der Waals surface area contributed by atoms with Crippen LogP contribution in [0.25, 0.3) is 40.0 Å². The van der Waals surface area contributed by atoms with Gasteiger partial charge in [-0.25, -0.2) is 4.98 Å². The van der Waals surface area contributed by atoms with Crippen LogP contribution < -0.4 is 5.32 Å². The van der Waals surface area contributed by atoms with Crippen LogP contribution in [-0.2, 0) is 4.79 Å². The summed E-state index contributed by atoms with van der Waals surface area (Å²) in [5.41, 5.74) is 6.74. The first kappa shape index (κ1) is 28.1. The molecule has 10 heteroatoms. The number of fused-ring (bicyclic) bond motifs is 1. The van der Waals surface area contributed by atoms with E-state index in [4.69, 9.17) is 16.0 Å². The van der Waals surface area contributed by atoms with Gasteiger partial charge in [0.15, 0.2) is 5.78 Å². The van der Waals surface area contributed by atoms with Crippen LogP contribution in [-0.4, -0.2) is 37.6 Å². The number of hydrogen-bond donors (Lipinski definition) is 2. The molecule has 0 aliphatic rings. The molecular weight excluding hydrogens is 582 g/mol. The normalized spacial score (nSPS) is 11.3. The van der Waals surface area contributed by atoms with Gasteiger partial charge in [-0.2, -0.15) is 0 Å². The summed E-state index contributed by atoms with van der Waals surface area (Å²) in [4.78, 5) is 33.0. The van der Waals surface area contributed by atoms with Crippen LogP contribution in [0.2, 0.25) is 5.02 Å². The molecule has 212 valence electrons. The predicted molar refractivity (Wildman–Crippen MR) is 170 cm³/mol. The number of carbonyl (C=O) groups excluding carboxylic acids is 2. The predicted octanol–water partition coefficient (Wildman–Crippen LogP) is 7.87. The van der Waals surface area contributed by atoms with Crippen molar-refractivity contribution in [2.24, 2.45) is 0 Å². The molecule has 0 fully saturated rings. The Morgan fingerprint density at radius 3 is 2.44 bits per heavy atom. The highest BCUT2D eigenvalue weighted by molar-refractivity contribution is 7.99. The fourth-order valence-electron chi connectivity index (χ4n) is 4.30. The van der Waals surface area contributed by atoms with Crippen molar-refractivity contribution >= 4 is 57.9 Å². The third-order valence-corrected chi connectivity index (χ3v) is 7.60. The number of aromatic nitrogens is 4. The van der Waals surface area contributed by atoms with Gasteiger partial charge in [0.2, 0.25) is 11.8 Å². The van der Waals surface area contributed by atoms with E-state index in [1.807, 2.05) is 55.5 Å². The Morgan fingerprint density at radius 1 is 0.930 bits per heavy atom. The van der Waals surface area contributed by atoms with Gasteiger partial charge in [0, 0.05) is 27.4 Å². The van der Waals surface area contributed by atoms with E-state index in [2.05, 4.69) is 31.5 Å². The number of aryl methyl sites for hydroxylation is 1. The fraction of sp³-hybridized carbons (Fsp3) is 0.0606. The fourth-order valence-corrected chi connectivity index (χ4v) is 4.99. The number of imidazole rings is 1. The van der Waals surface area contributed by atoms with E-state index >= 15 is 0 Å². The lowest BCUT2D eigenvalue weighted by atomic mass is 10.1. The molecule has 0 atom stereocenters. The van der Waals surface area contributed by atoms with E-state index in [1.165, 1.54) is 11.6 Å². The third-order valence-electron chi connectivity index (χ3n) is 6.53. The number of carbonyl (C=O) groups is 2. The zero-order valence-corrected chi connectivity index (χ0v) is 24.4. The van der Waals surface area contributed by atoms with Crippen LogP contribution in [0.5, 0.6) is 0 Å². The van der Waals surface area contributed by atoms with Crippen molar-refractivity contribution < 1.29 is 14.0 Å². The van der Waals surface area contributed by atoms with Crippen LogP contribution in [0, 0.1) is 6.92 Å². The van der Waals surface area contributed by atoms with Gasteiger partial charge < -0.3 is 14.7 Å². The quantitative estimate of drug-likeness (QED) is 0.0979. The smallest absolute Gasteiger partial charge is 0.277 e. The molecule has 0 unspecified atom stereocenters. The number of rotatable bonds is 9. The number of halogens is 1. The number of thioether (sulfide) groups is 1. The number of aromatic amines is 1. The van der Waals surface area contributed by atoms with E-state index < -0.39 is 0 Å². The van der Waals surface area contributed by atoms with Crippen molar-refractivity contribution in [1.29, 1.82) is 0 Å². The Hall–Kier alpha value is -4.99. The zero-order valence-electron chi connectivity index (χ0n) is 22.9. The third kappa shape index (κ3) is 6.91. The van der Waals surface area contributed by atoms with Crippen LogP contribution in [0.1, 0.15) is 21.5 Å². The van der Waals surface area contributed by atoms with Crippen LogP contribution >= 0.6 is 23.4 Å². The Morgan fingerprint density at radius 2 is 1.67 bits per heavy atom. The molecule has 4 aromatic carbocycles. The summed E-state index contributed by atoms with van der Waals surface area (Å²) >= 11 is 7.04. The first-order valence-corrected chi connectivity index (χ1v) is 14.7. The second-order valence-electron chi connectivity index (χ2n) is 9.72. The molecule has 0 saturated carbocycles. The summed E-state index contributed by atoms with van der Waals surface area (Å²) in [6.07, 6.45) is 3.23. The Kier molecular flexibility index (Phi) is 8.17. The molecule has 6 aromatic rings. The summed E-state index contributed by atoms with van der Waals surface area (Å²) in [5.74, 6) is 0.843. The Labute approximate surface area is 256 Å².